The van der Waals surface area contributed by atoms with E-state index in [2.05, 4.69) is 60.0 Å². The molecular formula is C25H29N3O2. The van der Waals surface area contributed by atoms with Gasteiger partial charge in [-0.3, -0.25) is 4.79 Å². The predicted octanol–water partition coefficient (Wildman–Crippen LogP) is 3.61. The number of carbonyl (C=O) groups excluding carboxylic acids is 1. The number of benzene rings is 3. The van der Waals surface area contributed by atoms with Gasteiger partial charge in [-0.1, -0.05) is 48.5 Å². The first-order chi connectivity index (χ1) is 14.6. The van der Waals surface area contributed by atoms with Gasteiger partial charge in [-0.25, -0.2) is 0 Å². The monoisotopic (exact) mass is 403 g/mol. The van der Waals surface area contributed by atoms with Crippen LogP contribution in [0.15, 0.2) is 66.7 Å². The van der Waals surface area contributed by atoms with Gasteiger partial charge in [-0.15, -0.1) is 0 Å². The molecular weight excluding hydrogens is 374 g/mol. The first-order valence-electron chi connectivity index (χ1n) is 10.5. The van der Waals surface area contributed by atoms with Crippen LogP contribution in [-0.4, -0.2) is 50.6 Å². The molecule has 3 aromatic carbocycles. The minimum absolute atomic E-state index is 0.0774. The van der Waals surface area contributed by atoms with E-state index in [1.807, 2.05) is 36.4 Å². The van der Waals surface area contributed by atoms with Crippen LogP contribution in [0.1, 0.15) is 28.4 Å². The Morgan fingerprint density at radius 3 is 2.63 bits per heavy atom. The van der Waals surface area contributed by atoms with Gasteiger partial charge in [0.25, 0.3) is 5.91 Å². The molecule has 4 rings (SSSR count). The highest BCUT2D eigenvalue weighted by molar-refractivity contribution is 5.95. The van der Waals surface area contributed by atoms with Crippen molar-refractivity contribution in [1.82, 2.24) is 15.5 Å². The van der Waals surface area contributed by atoms with E-state index in [4.69, 9.17) is 4.74 Å². The average molecular weight is 404 g/mol. The van der Waals surface area contributed by atoms with Crippen LogP contribution in [0.25, 0.3) is 10.8 Å². The number of hydrogen-bond acceptors (Lipinski definition) is 4. The highest BCUT2D eigenvalue weighted by atomic mass is 16.5. The molecule has 5 heteroatoms. The van der Waals surface area contributed by atoms with E-state index in [0.717, 1.165) is 37.4 Å². The minimum Gasteiger partial charge on any atom is -0.488 e. The van der Waals surface area contributed by atoms with Crippen molar-refractivity contribution < 1.29 is 9.53 Å². The lowest BCUT2D eigenvalue weighted by molar-refractivity contribution is 0.0931. The first kappa shape index (κ1) is 20.4. The number of carbonyl (C=O) groups is 1. The fourth-order valence-corrected chi connectivity index (χ4v) is 3.74. The largest absolute Gasteiger partial charge is 0.488 e. The van der Waals surface area contributed by atoms with Crippen molar-refractivity contribution in [3.63, 3.8) is 0 Å². The lowest BCUT2D eigenvalue weighted by Crippen LogP contribution is -2.50. The average Bonchev–Trinajstić information content (AvgIpc) is 2.73. The van der Waals surface area contributed by atoms with Crippen molar-refractivity contribution in [3.8, 4) is 5.75 Å². The Hall–Kier alpha value is -2.89. The quantitative estimate of drug-likeness (QED) is 0.603. The highest BCUT2D eigenvalue weighted by Crippen LogP contribution is 2.27. The van der Waals surface area contributed by atoms with E-state index >= 15 is 0 Å². The van der Waals surface area contributed by atoms with Gasteiger partial charge in [0.15, 0.2) is 0 Å². The van der Waals surface area contributed by atoms with Gasteiger partial charge in [0.1, 0.15) is 11.9 Å². The molecule has 1 heterocycles. The van der Waals surface area contributed by atoms with Gasteiger partial charge in [0, 0.05) is 18.7 Å². The molecule has 5 nitrogen and oxygen atoms in total. The summed E-state index contributed by atoms with van der Waals surface area (Å²) in [6.07, 6.45) is 1.02. The van der Waals surface area contributed by atoms with E-state index < -0.39 is 0 Å². The van der Waals surface area contributed by atoms with Gasteiger partial charge >= 0.3 is 0 Å². The molecule has 0 aliphatic carbocycles. The summed E-state index contributed by atoms with van der Waals surface area (Å²) < 4.78 is 5.92. The zero-order valence-corrected chi connectivity index (χ0v) is 17.6. The van der Waals surface area contributed by atoms with E-state index in [1.54, 1.807) is 0 Å². The molecule has 3 aromatic rings. The molecule has 1 saturated heterocycles. The topological polar surface area (TPSA) is 53.6 Å². The molecule has 1 atom stereocenters. The maximum atomic E-state index is 13.1. The number of nitrogens with zero attached hydrogens (tertiary/aromatic N) is 1. The highest BCUT2D eigenvalue weighted by Gasteiger charge is 2.20. The Kier molecular flexibility index (Phi) is 6.31. The molecule has 1 unspecified atom stereocenters. The molecule has 0 spiro atoms. The second-order valence-corrected chi connectivity index (χ2v) is 8.11. The molecule has 30 heavy (non-hydrogen) atoms. The van der Waals surface area contributed by atoms with E-state index in [-0.39, 0.29) is 18.1 Å². The van der Waals surface area contributed by atoms with Crippen molar-refractivity contribution in [1.29, 1.82) is 0 Å². The van der Waals surface area contributed by atoms with Crippen LogP contribution >= 0.6 is 0 Å². The van der Waals surface area contributed by atoms with Gasteiger partial charge in [0.05, 0.1) is 6.04 Å². The smallest absolute Gasteiger partial charge is 0.251 e. The van der Waals surface area contributed by atoms with Crippen LogP contribution in [-0.2, 0) is 0 Å². The molecule has 0 saturated carbocycles. The van der Waals surface area contributed by atoms with E-state index in [0.29, 0.717) is 5.56 Å². The summed E-state index contributed by atoms with van der Waals surface area (Å²) in [5, 5.41) is 8.83. The Morgan fingerprint density at radius 1 is 1.10 bits per heavy atom. The summed E-state index contributed by atoms with van der Waals surface area (Å²) in [4.78, 5) is 15.3. The summed E-state index contributed by atoms with van der Waals surface area (Å²) in [5.74, 6) is 0.660. The van der Waals surface area contributed by atoms with Crippen LogP contribution < -0.4 is 15.4 Å². The Morgan fingerprint density at radius 2 is 1.87 bits per heavy atom. The van der Waals surface area contributed by atoms with Gasteiger partial charge < -0.3 is 20.3 Å². The molecule has 1 amide bonds. The lowest BCUT2D eigenvalue weighted by Gasteiger charge is -2.28. The zero-order chi connectivity index (χ0) is 20.9. The van der Waals surface area contributed by atoms with E-state index in [1.165, 1.54) is 10.8 Å². The summed E-state index contributed by atoms with van der Waals surface area (Å²) in [5.41, 5.74) is 1.77. The molecule has 0 bridgehead atoms. The maximum Gasteiger partial charge on any atom is 0.251 e. The van der Waals surface area contributed by atoms with Crippen LogP contribution in [0.4, 0.5) is 0 Å². The maximum absolute atomic E-state index is 13.1. The molecule has 0 radical (unpaired) electrons. The fourth-order valence-electron chi connectivity index (χ4n) is 3.74. The third-order valence-corrected chi connectivity index (χ3v) is 5.51. The van der Waals surface area contributed by atoms with Crippen molar-refractivity contribution >= 4 is 16.7 Å². The van der Waals surface area contributed by atoms with Gasteiger partial charge in [-0.05, 0) is 61.6 Å². The first-order valence-corrected chi connectivity index (χ1v) is 10.5. The number of amides is 1. The summed E-state index contributed by atoms with van der Waals surface area (Å²) in [7, 11) is 4.11. The van der Waals surface area contributed by atoms with Crippen molar-refractivity contribution in [2.45, 2.75) is 18.6 Å². The number of nitrogens with one attached hydrogen (secondary N) is 2. The Labute approximate surface area is 178 Å². The lowest BCUT2D eigenvalue weighted by atomic mass is 9.96. The molecule has 1 aliphatic heterocycles. The summed E-state index contributed by atoms with van der Waals surface area (Å²) >= 11 is 0. The summed E-state index contributed by atoms with van der Waals surface area (Å²) in [6, 6.07) is 22.0. The van der Waals surface area contributed by atoms with Crippen LogP contribution in [0, 0.1) is 0 Å². The van der Waals surface area contributed by atoms with Crippen molar-refractivity contribution in [2.24, 2.45) is 0 Å². The normalized spacial score (nSPS) is 15.0. The van der Waals surface area contributed by atoms with E-state index in [9.17, 15) is 4.79 Å². The zero-order valence-electron chi connectivity index (χ0n) is 17.6. The second kappa shape index (κ2) is 9.28. The fraction of sp³-hybridized carbons (Fsp3) is 0.320. The second-order valence-electron chi connectivity index (χ2n) is 8.11. The molecule has 1 aliphatic rings. The SMILES string of the molecule is CN(C)CCC(NC(=O)c1cccc(OC2CNC2)c1)c1cccc2ccccc12. The summed E-state index contributed by atoms with van der Waals surface area (Å²) in [6.45, 7) is 2.58. The van der Waals surface area contributed by atoms with Crippen LogP contribution in [0.3, 0.4) is 0 Å². The number of fused-ring (bicyclic) bond motifs is 1. The Balaban J connectivity index is 1.57. The molecule has 2 N–H and O–H groups in total. The number of ether oxygens (including phenoxy) is 1. The standard InChI is InChI=1S/C25H29N3O2/c1-28(2)14-13-24(23-12-6-8-18-7-3-4-11-22(18)23)27-25(29)19-9-5-10-20(15-19)30-21-16-26-17-21/h3-12,15,21,24,26H,13-14,16-17H2,1-2H3,(H,27,29). The molecule has 156 valence electrons. The molecule has 0 aromatic heterocycles. The molecule has 1 fully saturated rings. The van der Waals surface area contributed by atoms with Crippen LogP contribution in [0.5, 0.6) is 5.75 Å². The van der Waals surface area contributed by atoms with Crippen molar-refractivity contribution in [2.75, 3.05) is 33.7 Å². The van der Waals surface area contributed by atoms with Gasteiger partial charge in [-0.2, -0.15) is 0 Å². The number of rotatable bonds is 8. The predicted molar refractivity (Wildman–Crippen MR) is 121 cm³/mol. The third-order valence-electron chi connectivity index (χ3n) is 5.51. The Bertz CT molecular complexity index is 1010. The van der Waals surface area contributed by atoms with Crippen LogP contribution in [0.2, 0.25) is 0 Å². The minimum atomic E-state index is -0.0797. The van der Waals surface area contributed by atoms with Gasteiger partial charge in [0.2, 0.25) is 0 Å². The van der Waals surface area contributed by atoms with Crippen molar-refractivity contribution in [3.05, 3.63) is 77.9 Å². The third kappa shape index (κ3) is 4.81. The number of hydrogen-bond donors (Lipinski definition) is 2.